The first-order chi connectivity index (χ1) is 9.82. The van der Waals surface area contributed by atoms with Gasteiger partial charge in [0.15, 0.2) is 0 Å². The number of Topliss-reactive ketones (excluding diaryl/α,β-unsaturated/α-hetero) is 1. The van der Waals surface area contributed by atoms with Gasteiger partial charge in [0, 0.05) is 11.8 Å². The van der Waals surface area contributed by atoms with Gasteiger partial charge < -0.3 is 0 Å². The van der Waals surface area contributed by atoms with Gasteiger partial charge in [0.05, 0.1) is 4.47 Å². The zero-order chi connectivity index (χ0) is 15.6. The number of carbonyl (C=O) groups excluding carboxylic acids is 1. The number of hydrogen-bond donors (Lipinski definition) is 0. The van der Waals surface area contributed by atoms with E-state index in [1.54, 1.807) is 38.1 Å². The Morgan fingerprint density at radius 3 is 2.33 bits per heavy atom. The van der Waals surface area contributed by atoms with E-state index >= 15 is 0 Å². The van der Waals surface area contributed by atoms with Crippen molar-refractivity contribution in [2.45, 2.75) is 25.7 Å². The van der Waals surface area contributed by atoms with Gasteiger partial charge in [0.1, 0.15) is 17.4 Å². The molecule has 0 unspecified atom stereocenters. The summed E-state index contributed by atoms with van der Waals surface area (Å²) in [5.41, 5.74) is 0.580. The average Bonchev–Trinajstić information content (AvgIpc) is 2.44. The monoisotopic (exact) mass is 352 g/mol. The van der Waals surface area contributed by atoms with Crippen molar-refractivity contribution in [3.8, 4) is 0 Å². The minimum atomic E-state index is -0.764. The zero-order valence-corrected chi connectivity index (χ0v) is 13.4. The second-order valence-electron chi connectivity index (χ2n) is 5.44. The molecule has 0 spiro atoms. The van der Waals surface area contributed by atoms with Gasteiger partial charge in [-0.05, 0) is 59.1 Å². The normalized spacial score (nSPS) is 11.5. The van der Waals surface area contributed by atoms with Crippen molar-refractivity contribution in [3.63, 3.8) is 0 Å². The zero-order valence-electron chi connectivity index (χ0n) is 11.8. The number of ketones is 1. The van der Waals surface area contributed by atoms with Crippen LogP contribution in [0.3, 0.4) is 0 Å². The van der Waals surface area contributed by atoms with Gasteiger partial charge in [0.2, 0.25) is 0 Å². The van der Waals surface area contributed by atoms with E-state index in [0.29, 0.717) is 10.0 Å². The van der Waals surface area contributed by atoms with Crippen LogP contribution in [-0.2, 0) is 16.6 Å². The third-order valence-electron chi connectivity index (χ3n) is 3.65. The van der Waals surface area contributed by atoms with E-state index in [1.165, 1.54) is 18.2 Å². The van der Waals surface area contributed by atoms with E-state index in [4.69, 9.17) is 0 Å². The van der Waals surface area contributed by atoms with Gasteiger partial charge in [-0.2, -0.15) is 0 Å². The molecule has 2 rings (SSSR count). The summed E-state index contributed by atoms with van der Waals surface area (Å²) in [5, 5.41) is 0. The van der Waals surface area contributed by atoms with Gasteiger partial charge in [-0.15, -0.1) is 0 Å². The second kappa shape index (κ2) is 6.06. The smallest absolute Gasteiger partial charge is 0.147 e. The van der Waals surface area contributed by atoms with Crippen molar-refractivity contribution in [2.24, 2.45) is 0 Å². The largest absolute Gasteiger partial charge is 0.298 e. The maximum Gasteiger partial charge on any atom is 0.147 e. The molecular formula is C17H15BrF2O. The topological polar surface area (TPSA) is 17.1 Å². The van der Waals surface area contributed by atoms with Crippen molar-refractivity contribution >= 4 is 21.7 Å². The molecule has 0 aliphatic carbocycles. The number of carbonyl (C=O) groups is 1. The first kappa shape index (κ1) is 15.8. The molecule has 0 aromatic heterocycles. The van der Waals surface area contributed by atoms with Crippen LogP contribution in [0, 0.1) is 11.6 Å². The Morgan fingerprint density at radius 1 is 1.10 bits per heavy atom. The van der Waals surface area contributed by atoms with Crippen LogP contribution in [0.1, 0.15) is 25.0 Å². The van der Waals surface area contributed by atoms with Crippen molar-refractivity contribution in [2.75, 3.05) is 0 Å². The van der Waals surface area contributed by atoms with Crippen LogP contribution >= 0.6 is 15.9 Å². The van der Waals surface area contributed by atoms with Gasteiger partial charge in [-0.1, -0.05) is 24.3 Å². The lowest BCUT2D eigenvalue weighted by atomic mass is 9.78. The molecule has 0 saturated carbocycles. The molecule has 4 heteroatoms. The van der Waals surface area contributed by atoms with E-state index in [-0.39, 0.29) is 23.8 Å². The van der Waals surface area contributed by atoms with Crippen LogP contribution in [0.4, 0.5) is 8.78 Å². The molecule has 0 fully saturated rings. The summed E-state index contributed by atoms with van der Waals surface area (Å²) >= 11 is 3.16. The Balaban J connectivity index is 2.26. The highest BCUT2D eigenvalue weighted by Gasteiger charge is 2.30. The fourth-order valence-corrected chi connectivity index (χ4v) is 2.51. The SMILES string of the molecule is CC(C)(C(=O)Cc1cccc(F)c1Br)c1ccc(F)cc1. The summed E-state index contributed by atoms with van der Waals surface area (Å²) in [7, 11) is 0. The molecular weight excluding hydrogens is 338 g/mol. The molecule has 0 aliphatic rings. The van der Waals surface area contributed by atoms with Crippen molar-refractivity contribution in [1.82, 2.24) is 0 Å². The molecule has 21 heavy (non-hydrogen) atoms. The molecule has 0 N–H and O–H groups in total. The summed E-state index contributed by atoms with van der Waals surface area (Å²) in [4.78, 5) is 12.5. The van der Waals surface area contributed by atoms with Crippen LogP contribution in [0.2, 0.25) is 0 Å². The minimum absolute atomic E-state index is 0.0552. The molecule has 0 heterocycles. The highest BCUT2D eigenvalue weighted by molar-refractivity contribution is 9.10. The molecule has 2 aromatic rings. The van der Waals surface area contributed by atoms with Crippen LogP contribution in [0.5, 0.6) is 0 Å². The number of hydrogen-bond acceptors (Lipinski definition) is 1. The van der Waals surface area contributed by atoms with Gasteiger partial charge in [-0.25, -0.2) is 8.78 Å². The third kappa shape index (κ3) is 3.38. The summed E-state index contributed by atoms with van der Waals surface area (Å²) in [6.45, 7) is 3.57. The van der Waals surface area contributed by atoms with Crippen LogP contribution in [-0.4, -0.2) is 5.78 Å². The van der Waals surface area contributed by atoms with E-state index in [2.05, 4.69) is 15.9 Å². The van der Waals surface area contributed by atoms with Crippen molar-refractivity contribution < 1.29 is 13.6 Å². The maximum absolute atomic E-state index is 13.5. The summed E-state index contributed by atoms with van der Waals surface area (Å²) in [6, 6.07) is 10.5. The molecule has 1 nitrogen and oxygen atoms in total. The standard InChI is InChI=1S/C17H15BrF2O/c1-17(2,12-6-8-13(19)9-7-12)15(21)10-11-4-3-5-14(20)16(11)18/h3-9H,10H2,1-2H3. The van der Waals surface area contributed by atoms with Gasteiger partial charge in [-0.3, -0.25) is 4.79 Å². The van der Waals surface area contributed by atoms with Crippen molar-refractivity contribution in [3.05, 3.63) is 69.7 Å². The lowest BCUT2D eigenvalue weighted by Gasteiger charge is -2.24. The molecule has 0 bridgehead atoms. The van der Waals surface area contributed by atoms with Crippen LogP contribution < -0.4 is 0 Å². The van der Waals surface area contributed by atoms with E-state index < -0.39 is 5.41 Å². The van der Waals surface area contributed by atoms with Crippen molar-refractivity contribution in [1.29, 1.82) is 0 Å². The lowest BCUT2D eigenvalue weighted by Crippen LogP contribution is -2.30. The first-order valence-corrected chi connectivity index (χ1v) is 7.34. The third-order valence-corrected chi connectivity index (χ3v) is 4.53. The van der Waals surface area contributed by atoms with E-state index in [1.807, 2.05) is 0 Å². The molecule has 0 amide bonds. The minimum Gasteiger partial charge on any atom is -0.298 e. The highest BCUT2D eigenvalue weighted by atomic mass is 79.9. The quantitative estimate of drug-likeness (QED) is 0.771. The lowest BCUT2D eigenvalue weighted by molar-refractivity contribution is -0.122. The molecule has 0 atom stereocenters. The fourth-order valence-electron chi connectivity index (χ4n) is 2.11. The Hall–Kier alpha value is -1.55. The van der Waals surface area contributed by atoms with E-state index in [9.17, 15) is 13.6 Å². The van der Waals surface area contributed by atoms with Gasteiger partial charge >= 0.3 is 0 Å². The molecule has 2 aromatic carbocycles. The maximum atomic E-state index is 13.5. The van der Waals surface area contributed by atoms with Crippen LogP contribution in [0.15, 0.2) is 46.9 Å². The molecule has 0 aliphatic heterocycles. The highest BCUT2D eigenvalue weighted by Crippen LogP contribution is 2.28. The first-order valence-electron chi connectivity index (χ1n) is 6.54. The summed E-state index contributed by atoms with van der Waals surface area (Å²) in [5.74, 6) is -0.782. The van der Waals surface area contributed by atoms with Gasteiger partial charge in [0.25, 0.3) is 0 Å². The predicted molar refractivity (Wildman–Crippen MR) is 82.2 cm³/mol. The Kier molecular flexibility index (Phi) is 4.57. The summed E-state index contributed by atoms with van der Waals surface area (Å²) < 4.78 is 26.8. The Morgan fingerprint density at radius 2 is 1.71 bits per heavy atom. The van der Waals surface area contributed by atoms with Crippen LogP contribution in [0.25, 0.3) is 0 Å². The molecule has 0 saturated heterocycles. The fraction of sp³-hybridized carbons (Fsp3) is 0.235. The number of benzene rings is 2. The summed E-state index contributed by atoms with van der Waals surface area (Å²) in [6.07, 6.45) is 0.114. The predicted octanol–water partition coefficient (Wildman–Crippen LogP) is 4.82. The second-order valence-corrected chi connectivity index (χ2v) is 6.24. The molecule has 0 radical (unpaired) electrons. The number of halogens is 3. The van der Waals surface area contributed by atoms with E-state index in [0.717, 1.165) is 5.56 Å². The number of rotatable bonds is 4. The Bertz CT molecular complexity index is 663. The average molecular weight is 353 g/mol. The molecule has 110 valence electrons. The Labute approximate surface area is 131 Å².